The molecule has 6 aromatic carbocycles. The second-order valence-electron chi connectivity index (χ2n) is 13.6. The molecule has 0 aliphatic rings. The SMILES string of the molecule is CC(C)Cc1ccnc(-n2c3[c-]c(Oc4[c-]c(-n5[c-][n+](-c6c(-c7ccccc7)cccc6-c6ccccc6)cc5)ccc4)ccc3c3ccccc32)c1.[Pt]. The predicted octanol–water partition coefficient (Wildman–Crippen LogP) is 11.0. The monoisotopic (exact) mass is 879 g/mol. The maximum Gasteiger partial charge on any atom is 0.267 e. The first-order valence-electron chi connectivity index (χ1n) is 18.0. The standard InChI is InChI=1S/C48H36N4O.Pt/c1-34(2)29-35-25-26-49-47(30-35)52-45-22-10-9-19-43(45)44-24-23-40(32-46(44)52)53-39-18-11-17-38(31-39)50-27-28-51(33-50)48-41(36-13-5-3-6-14-36)20-12-21-42(48)37-15-7-4-8-16-37;/h3-28,30,34H,29H2,1-2H3;/q-2;. The largest absolute Gasteiger partial charge is 0.510 e. The van der Waals surface area contributed by atoms with Crippen molar-refractivity contribution in [3.05, 3.63) is 188 Å². The molecule has 0 N–H and O–H groups in total. The second-order valence-corrected chi connectivity index (χ2v) is 13.6. The molecule has 0 saturated heterocycles. The van der Waals surface area contributed by atoms with Crippen LogP contribution in [0.25, 0.3) is 61.3 Å². The van der Waals surface area contributed by atoms with Gasteiger partial charge >= 0.3 is 0 Å². The number of para-hydroxylation sites is 2. The van der Waals surface area contributed by atoms with Crippen LogP contribution in [-0.2, 0) is 27.5 Å². The zero-order valence-electron chi connectivity index (χ0n) is 29.9. The van der Waals surface area contributed by atoms with Gasteiger partial charge in [-0.05, 0) is 69.4 Å². The van der Waals surface area contributed by atoms with Gasteiger partial charge in [-0.1, -0.05) is 116 Å². The molecule has 9 aromatic rings. The molecule has 266 valence electrons. The average molecular weight is 880 g/mol. The van der Waals surface area contributed by atoms with Gasteiger partial charge in [0.25, 0.3) is 6.33 Å². The molecule has 0 amide bonds. The molecule has 5 nitrogen and oxygen atoms in total. The van der Waals surface area contributed by atoms with Gasteiger partial charge in [-0.25, -0.2) is 4.98 Å². The normalized spacial score (nSPS) is 11.2. The number of hydrogen-bond donors (Lipinski definition) is 0. The van der Waals surface area contributed by atoms with E-state index in [-0.39, 0.29) is 21.1 Å². The number of rotatable bonds is 9. The van der Waals surface area contributed by atoms with Gasteiger partial charge in [0.15, 0.2) is 0 Å². The molecule has 0 aliphatic heterocycles. The van der Waals surface area contributed by atoms with Gasteiger partial charge < -0.3 is 13.9 Å². The van der Waals surface area contributed by atoms with E-state index in [0.29, 0.717) is 17.4 Å². The van der Waals surface area contributed by atoms with Crippen LogP contribution in [0.3, 0.4) is 0 Å². The fourth-order valence-electron chi connectivity index (χ4n) is 7.19. The van der Waals surface area contributed by atoms with Crippen molar-refractivity contribution in [2.75, 3.05) is 0 Å². The number of hydrogen-bond acceptors (Lipinski definition) is 2. The molecular formula is C48H36N4OPt-2. The van der Waals surface area contributed by atoms with Gasteiger partial charge in [0.1, 0.15) is 5.82 Å². The van der Waals surface area contributed by atoms with E-state index in [9.17, 15) is 0 Å². The Bertz CT molecular complexity index is 2660. The summed E-state index contributed by atoms with van der Waals surface area (Å²) in [5, 5.41) is 2.24. The van der Waals surface area contributed by atoms with Gasteiger partial charge in [-0.3, -0.25) is 4.57 Å². The minimum atomic E-state index is 0. The predicted molar refractivity (Wildman–Crippen MR) is 212 cm³/mol. The summed E-state index contributed by atoms with van der Waals surface area (Å²) in [5.74, 6) is 2.61. The van der Waals surface area contributed by atoms with E-state index >= 15 is 0 Å². The van der Waals surface area contributed by atoms with Crippen LogP contribution in [0.4, 0.5) is 0 Å². The Hall–Kier alpha value is -6.03. The van der Waals surface area contributed by atoms with E-state index in [2.05, 4.69) is 151 Å². The second kappa shape index (κ2) is 15.1. The number of ether oxygens (including phenoxy) is 1. The molecule has 9 rings (SSSR count). The first kappa shape index (κ1) is 35.0. The van der Waals surface area contributed by atoms with Crippen LogP contribution in [0.2, 0.25) is 0 Å². The van der Waals surface area contributed by atoms with E-state index in [1.54, 1.807) is 0 Å². The molecule has 0 saturated carbocycles. The van der Waals surface area contributed by atoms with Gasteiger partial charge in [-0.2, -0.15) is 18.2 Å². The van der Waals surface area contributed by atoms with Crippen molar-refractivity contribution in [2.24, 2.45) is 5.92 Å². The number of nitrogens with zero attached hydrogens (tertiary/aromatic N) is 4. The quantitative estimate of drug-likeness (QED) is 0.107. The summed E-state index contributed by atoms with van der Waals surface area (Å²) in [6.07, 6.45) is 10.5. The number of aromatic nitrogens is 4. The summed E-state index contributed by atoms with van der Waals surface area (Å²) < 4.78 is 12.7. The molecule has 0 spiro atoms. The van der Waals surface area contributed by atoms with E-state index in [4.69, 9.17) is 9.72 Å². The van der Waals surface area contributed by atoms with Crippen LogP contribution >= 0.6 is 0 Å². The number of fused-ring (bicyclic) bond motifs is 3. The van der Waals surface area contributed by atoms with Crippen molar-refractivity contribution in [1.82, 2.24) is 14.1 Å². The maximum absolute atomic E-state index is 6.48. The van der Waals surface area contributed by atoms with E-state index in [1.165, 1.54) is 5.56 Å². The summed E-state index contributed by atoms with van der Waals surface area (Å²) in [6, 6.07) is 57.2. The summed E-state index contributed by atoms with van der Waals surface area (Å²) in [5.41, 5.74) is 9.65. The zero-order valence-corrected chi connectivity index (χ0v) is 32.2. The third kappa shape index (κ3) is 6.79. The molecule has 6 heteroatoms. The number of imidazole rings is 1. The topological polar surface area (TPSA) is 35.9 Å². The van der Waals surface area contributed by atoms with Crippen LogP contribution in [0.1, 0.15) is 19.4 Å². The van der Waals surface area contributed by atoms with Crippen LogP contribution in [0.15, 0.2) is 164 Å². The van der Waals surface area contributed by atoms with Crippen molar-refractivity contribution < 1.29 is 30.4 Å². The number of benzene rings is 6. The van der Waals surface area contributed by atoms with Crippen LogP contribution in [0.5, 0.6) is 11.5 Å². The Balaban J connectivity index is 0.00000413. The minimum Gasteiger partial charge on any atom is -0.510 e. The molecule has 0 radical (unpaired) electrons. The summed E-state index contributed by atoms with van der Waals surface area (Å²) in [4.78, 5) is 4.80. The molecule has 0 atom stereocenters. The third-order valence-electron chi connectivity index (χ3n) is 9.50. The summed E-state index contributed by atoms with van der Waals surface area (Å²) >= 11 is 0. The van der Waals surface area contributed by atoms with Gasteiger partial charge in [-0.15, -0.1) is 29.7 Å². The Morgan fingerprint density at radius 2 is 1.37 bits per heavy atom. The van der Waals surface area contributed by atoms with Crippen molar-refractivity contribution in [3.8, 4) is 50.9 Å². The van der Waals surface area contributed by atoms with Gasteiger partial charge in [0.05, 0.1) is 5.69 Å². The molecule has 0 bridgehead atoms. The number of pyridine rings is 1. The Morgan fingerprint density at radius 1 is 0.685 bits per heavy atom. The molecular weight excluding hydrogens is 844 g/mol. The Morgan fingerprint density at radius 3 is 2.11 bits per heavy atom. The van der Waals surface area contributed by atoms with Crippen LogP contribution < -0.4 is 9.30 Å². The smallest absolute Gasteiger partial charge is 0.267 e. The first-order chi connectivity index (χ1) is 26.1. The zero-order chi connectivity index (χ0) is 35.7. The van der Waals surface area contributed by atoms with Crippen molar-refractivity contribution in [3.63, 3.8) is 0 Å². The Labute approximate surface area is 330 Å². The van der Waals surface area contributed by atoms with Crippen molar-refractivity contribution >= 4 is 21.8 Å². The van der Waals surface area contributed by atoms with Crippen LogP contribution in [0, 0.1) is 24.4 Å². The van der Waals surface area contributed by atoms with Gasteiger partial charge in [0, 0.05) is 56.7 Å². The summed E-state index contributed by atoms with van der Waals surface area (Å²) in [7, 11) is 0. The minimum absolute atomic E-state index is 0. The first-order valence-corrected chi connectivity index (χ1v) is 18.0. The molecule has 3 aromatic heterocycles. The Kier molecular flexibility index (Phi) is 9.82. The maximum atomic E-state index is 6.48. The molecule has 0 fully saturated rings. The van der Waals surface area contributed by atoms with E-state index < -0.39 is 0 Å². The fraction of sp³-hybridized carbons (Fsp3) is 0.0833. The average Bonchev–Trinajstić information content (AvgIpc) is 3.82. The molecule has 0 aliphatic carbocycles. The van der Waals surface area contributed by atoms with Crippen molar-refractivity contribution in [1.29, 1.82) is 0 Å². The fourth-order valence-corrected chi connectivity index (χ4v) is 7.19. The van der Waals surface area contributed by atoms with Crippen LogP contribution in [-0.4, -0.2) is 14.1 Å². The van der Waals surface area contributed by atoms with E-state index in [0.717, 1.165) is 67.7 Å². The third-order valence-corrected chi connectivity index (χ3v) is 9.50. The molecule has 0 unspecified atom stereocenters. The summed E-state index contributed by atoms with van der Waals surface area (Å²) in [6.45, 7) is 4.48. The molecule has 54 heavy (non-hydrogen) atoms. The van der Waals surface area contributed by atoms with Gasteiger partial charge in [0.2, 0.25) is 0 Å². The van der Waals surface area contributed by atoms with E-state index in [1.807, 2.05) is 59.6 Å². The van der Waals surface area contributed by atoms with Crippen molar-refractivity contribution in [2.45, 2.75) is 20.3 Å². The molecule has 3 heterocycles.